The lowest BCUT2D eigenvalue weighted by Gasteiger charge is -2.15. The zero-order chi connectivity index (χ0) is 16.2. The van der Waals surface area contributed by atoms with Crippen molar-refractivity contribution in [2.75, 3.05) is 19.5 Å². The van der Waals surface area contributed by atoms with Gasteiger partial charge in [0.05, 0.1) is 19.9 Å². The Bertz CT molecular complexity index is 706. The van der Waals surface area contributed by atoms with Crippen LogP contribution in [0.3, 0.4) is 0 Å². The van der Waals surface area contributed by atoms with Crippen LogP contribution in [0.4, 0.5) is 5.82 Å². The summed E-state index contributed by atoms with van der Waals surface area (Å²) < 4.78 is 10.5. The van der Waals surface area contributed by atoms with Crippen molar-refractivity contribution < 1.29 is 14.3 Å². The Morgan fingerprint density at radius 3 is 2.52 bits per heavy atom. The zero-order valence-electron chi connectivity index (χ0n) is 13.4. The third kappa shape index (κ3) is 3.44. The van der Waals surface area contributed by atoms with E-state index in [1.54, 1.807) is 14.2 Å². The van der Waals surface area contributed by atoms with Gasteiger partial charge in [-0.3, -0.25) is 4.79 Å². The number of methoxy groups -OCH3 is 2. The number of hydrogen-bond donors (Lipinski definition) is 1. The van der Waals surface area contributed by atoms with Crippen LogP contribution < -0.4 is 14.8 Å². The van der Waals surface area contributed by atoms with Crippen molar-refractivity contribution in [3.05, 3.63) is 47.2 Å². The molecule has 0 saturated carbocycles. The van der Waals surface area contributed by atoms with Crippen molar-refractivity contribution in [3.63, 3.8) is 0 Å². The molecule has 0 unspecified atom stereocenters. The van der Waals surface area contributed by atoms with E-state index in [9.17, 15) is 4.79 Å². The molecule has 1 N–H and O–H groups in total. The molecule has 5 heteroatoms. The molecule has 0 radical (unpaired) electrons. The smallest absolute Gasteiger partial charge is 0.164 e. The second-order valence-corrected chi connectivity index (χ2v) is 5.54. The number of nitrogens with one attached hydrogen (secondary N) is 1. The number of aryl methyl sites for hydroxylation is 1. The van der Waals surface area contributed by atoms with Crippen molar-refractivity contribution in [1.82, 2.24) is 4.98 Å². The molecule has 0 amide bonds. The fraction of sp³-hybridized carbons (Fsp3) is 0.333. The van der Waals surface area contributed by atoms with Crippen LogP contribution in [-0.4, -0.2) is 25.0 Å². The van der Waals surface area contributed by atoms with Gasteiger partial charge in [-0.1, -0.05) is 0 Å². The van der Waals surface area contributed by atoms with Crippen molar-refractivity contribution in [2.45, 2.75) is 25.8 Å². The second-order valence-electron chi connectivity index (χ2n) is 5.54. The predicted octanol–water partition coefficient (Wildman–Crippen LogP) is 3.23. The number of anilines is 1. The number of rotatable bonds is 5. The standard InChI is InChI=1S/C18H20N2O3/c1-22-13-8-12(9-14(10-13)23-2)11-19-18-7-6-15-16(20-18)4-3-5-17(15)21/h6-10H,3-5,11H2,1-2H3,(H,19,20). The van der Waals surface area contributed by atoms with Gasteiger partial charge in [-0.15, -0.1) is 0 Å². The van der Waals surface area contributed by atoms with Gasteiger partial charge in [-0.05, 0) is 42.7 Å². The molecule has 0 aliphatic heterocycles. The van der Waals surface area contributed by atoms with Crippen molar-refractivity contribution >= 4 is 11.6 Å². The van der Waals surface area contributed by atoms with Gasteiger partial charge in [0.1, 0.15) is 17.3 Å². The average molecular weight is 312 g/mol. The lowest BCUT2D eigenvalue weighted by atomic mass is 9.95. The van der Waals surface area contributed by atoms with E-state index in [0.717, 1.165) is 47.0 Å². The van der Waals surface area contributed by atoms with Crippen LogP contribution in [0.25, 0.3) is 0 Å². The second kappa shape index (κ2) is 6.69. The van der Waals surface area contributed by atoms with Crippen LogP contribution in [-0.2, 0) is 13.0 Å². The highest BCUT2D eigenvalue weighted by atomic mass is 16.5. The highest BCUT2D eigenvalue weighted by Crippen LogP contribution is 2.24. The summed E-state index contributed by atoms with van der Waals surface area (Å²) >= 11 is 0. The lowest BCUT2D eigenvalue weighted by molar-refractivity contribution is 0.0971. The molecule has 0 spiro atoms. The number of ether oxygens (including phenoxy) is 2. The van der Waals surface area contributed by atoms with E-state index >= 15 is 0 Å². The molecule has 0 atom stereocenters. The predicted molar refractivity (Wildman–Crippen MR) is 88.4 cm³/mol. The molecule has 0 bridgehead atoms. The SMILES string of the molecule is COc1cc(CNc2ccc3c(n2)CCCC3=O)cc(OC)c1. The van der Waals surface area contributed by atoms with Gasteiger partial charge >= 0.3 is 0 Å². The highest BCUT2D eigenvalue weighted by molar-refractivity contribution is 5.98. The number of carbonyl (C=O) groups is 1. The van der Waals surface area contributed by atoms with Crippen LogP contribution >= 0.6 is 0 Å². The molecule has 2 aromatic rings. The zero-order valence-corrected chi connectivity index (χ0v) is 13.4. The fourth-order valence-electron chi connectivity index (χ4n) is 2.76. The van der Waals surface area contributed by atoms with Crippen LogP contribution in [0.1, 0.15) is 34.5 Å². The molecule has 1 heterocycles. The third-order valence-electron chi connectivity index (χ3n) is 3.98. The normalized spacial score (nSPS) is 13.4. The quantitative estimate of drug-likeness (QED) is 0.918. The summed E-state index contributed by atoms with van der Waals surface area (Å²) in [5.41, 5.74) is 2.70. The van der Waals surface area contributed by atoms with Gasteiger partial charge in [0.2, 0.25) is 0 Å². The minimum absolute atomic E-state index is 0.197. The lowest BCUT2D eigenvalue weighted by Crippen LogP contribution is -2.13. The first-order chi connectivity index (χ1) is 11.2. The minimum atomic E-state index is 0.197. The van der Waals surface area contributed by atoms with Crippen molar-refractivity contribution in [1.29, 1.82) is 0 Å². The number of Topliss-reactive ketones (excluding diaryl/α,β-unsaturated/α-hetero) is 1. The van der Waals surface area contributed by atoms with E-state index in [4.69, 9.17) is 9.47 Å². The molecule has 120 valence electrons. The number of carbonyl (C=O) groups excluding carboxylic acids is 1. The summed E-state index contributed by atoms with van der Waals surface area (Å²) in [6, 6.07) is 9.49. The Labute approximate surface area is 135 Å². The molecular formula is C18H20N2O3. The van der Waals surface area contributed by atoms with Crippen LogP contribution in [0.2, 0.25) is 0 Å². The van der Waals surface area contributed by atoms with E-state index in [-0.39, 0.29) is 5.78 Å². The number of hydrogen-bond acceptors (Lipinski definition) is 5. The van der Waals surface area contributed by atoms with Gasteiger partial charge in [0.25, 0.3) is 0 Å². The molecule has 0 saturated heterocycles. The van der Waals surface area contributed by atoms with E-state index in [1.165, 1.54) is 0 Å². The number of ketones is 1. The van der Waals surface area contributed by atoms with E-state index < -0.39 is 0 Å². The van der Waals surface area contributed by atoms with E-state index in [1.807, 2.05) is 30.3 Å². The highest BCUT2D eigenvalue weighted by Gasteiger charge is 2.18. The Morgan fingerprint density at radius 1 is 1.09 bits per heavy atom. The van der Waals surface area contributed by atoms with Gasteiger partial charge < -0.3 is 14.8 Å². The van der Waals surface area contributed by atoms with Crippen molar-refractivity contribution in [2.24, 2.45) is 0 Å². The molecule has 5 nitrogen and oxygen atoms in total. The molecule has 1 aliphatic rings. The van der Waals surface area contributed by atoms with Gasteiger partial charge in [0, 0.05) is 24.6 Å². The molecule has 1 aromatic heterocycles. The summed E-state index contributed by atoms with van der Waals surface area (Å²) in [4.78, 5) is 16.4. The number of fused-ring (bicyclic) bond motifs is 1. The summed E-state index contributed by atoms with van der Waals surface area (Å²) in [6.45, 7) is 0.604. The summed E-state index contributed by atoms with van der Waals surface area (Å²) in [5, 5.41) is 3.29. The largest absolute Gasteiger partial charge is 0.497 e. The topological polar surface area (TPSA) is 60.5 Å². The number of benzene rings is 1. The molecule has 0 fully saturated rings. The molecule has 3 rings (SSSR count). The first-order valence-electron chi connectivity index (χ1n) is 7.68. The van der Waals surface area contributed by atoms with E-state index in [0.29, 0.717) is 13.0 Å². The maximum absolute atomic E-state index is 11.8. The minimum Gasteiger partial charge on any atom is -0.497 e. The molecular weight excluding hydrogens is 292 g/mol. The van der Waals surface area contributed by atoms with Crippen LogP contribution in [0.15, 0.2) is 30.3 Å². The Balaban J connectivity index is 1.75. The Morgan fingerprint density at radius 2 is 1.83 bits per heavy atom. The van der Waals surface area contributed by atoms with Crippen LogP contribution in [0.5, 0.6) is 11.5 Å². The van der Waals surface area contributed by atoms with Gasteiger partial charge in [-0.25, -0.2) is 4.98 Å². The summed E-state index contributed by atoms with van der Waals surface area (Å²) in [6.07, 6.45) is 2.38. The Kier molecular flexibility index (Phi) is 4.46. The molecule has 1 aliphatic carbocycles. The average Bonchev–Trinajstić information content (AvgIpc) is 2.59. The molecule has 1 aromatic carbocycles. The van der Waals surface area contributed by atoms with Gasteiger partial charge in [0.15, 0.2) is 5.78 Å². The van der Waals surface area contributed by atoms with Crippen LogP contribution in [0, 0.1) is 0 Å². The first-order valence-corrected chi connectivity index (χ1v) is 7.68. The number of aromatic nitrogens is 1. The maximum Gasteiger partial charge on any atom is 0.164 e. The van der Waals surface area contributed by atoms with Gasteiger partial charge in [-0.2, -0.15) is 0 Å². The third-order valence-corrected chi connectivity index (χ3v) is 3.98. The summed E-state index contributed by atoms with van der Waals surface area (Å²) in [5.74, 6) is 2.48. The van der Waals surface area contributed by atoms with Crippen molar-refractivity contribution in [3.8, 4) is 11.5 Å². The van der Waals surface area contributed by atoms with E-state index in [2.05, 4.69) is 10.3 Å². The Hall–Kier alpha value is -2.56. The number of nitrogens with zero attached hydrogens (tertiary/aromatic N) is 1. The first kappa shape index (κ1) is 15.3. The maximum atomic E-state index is 11.8. The monoisotopic (exact) mass is 312 g/mol. The summed E-state index contributed by atoms with van der Waals surface area (Å²) in [7, 11) is 3.27. The molecule has 23 heavy (non-hydrogen) atoms. The number of pyridine rings is 1. The fourth-order valence-corrected chi connectivity index (χ4v) is 2.76.